The van der Waals surface area contributed by atoms with E-state index in [0.717, 1.165) is 12.0 Å². The molecule has 0 N–H and O–H groups in total. The highest BCUT2D eigenvalue weighted by atomic mass is 19.1. The minimum absolute atomic E-state index is 0.138. The summed E-state index contributed by atoms with van der Waals surface area (Å²) in [6.45, 7) is -0.954. The molecule has 0 radical (unpaired) electrons. The molecule has 0 aromatic heterocycles. The van der Waals surface area contributed by atoms with Gasteiger partial charge < -0.3 is 24.2 Å². The average Bonchev–Trinajstić information content (AvgIpc) is 3.01. The van der Waals surface area contributed by atoms with Crippen molar-refractivity contribution in [2.75, 3.05) is 45.0 Å². The summed E-state index contributed by atoms with van der Waals surface area (Å²) in [5.74, 6) is 0.202. The number of halogens is 2. The molecular formula is C26H29F2N3O5. The summed E-state index contributed by atoms with van der Waals surface area (Å²) in [5.41, 5.74) is 1.46. The van der Waals surface area contributed by atoms with E-state index in [1.165, 1.54) is 17.0 Å². The zero-order valence-corrected chi connectivity index (χ0v) is 20.1. The first-order valence-corrected chi connectivity index (χ1v) is 11.8. The third kappa shape index (κ3) is 5.42. The zero-order chi connectivity index (χ0) is 25.7. The summed E-state index contributed by atoms with van der Waals surface area (Å²) in [6, 6.07) is 11.6. The molecule has 4 rings (SSSR count). The topological polar surface area (TPSA) is 79.4 Å². The van der Waals surface area contributed by atoms with Crippen molar-refractivity contribution in [1.29, 1.82) is 0 Å². The smallest absolute Gasteiger partial charge is 0.256 e. The molecule has 0 unspecified atom stereocenters. The summed E-state index contributed by atoms with van der Waals surface area (Å²) in [5, 5.41) is 0. The SMILES string of the molecule is COc1ccc(CN2CC(=O)N(C3CCN(C=O)CC3)c3ccc(OC(CF)CF)cc3C2=O)cc1. The Morgan fingerprint density at radius 3 is 2.31 bits per heavy atom. The maximum atomic E-state index is 13.7. The number of alkyl halides is 2. The van der Waals surface area contributed by atoms with Crippen LogP contribution in [0.1, 0.15) is 28.8 Å². The Labute approximate surface area is 208 Å². The van der Waals surface area contributed by atoms with Crippen LogP contribution in [-0.2, 0) is 16.1 Å². The number of carbonyl (C=O) groups is 3. The van der Waals surface area contributed by atoms with Crippen LogP contribution in [0.25, 0.3) is 0 Å². The Morgan fingerprint density at radius 2 is 1.69 bits per heavy atom. The predicted molar refractivity (Wildman–Crippen MR) is 129 cm³/mol. The summed E-state index contributed by atoms with van der Waals surface area (Å²) in [4.78, 5) is 43.1. The van der Waals surface area contributed by atoms with Crippen molar-refractivity contribution in [1.82, 2.24) is 9.80 Å². The molecule has 0 bridgehead atoms. The van der Waals surface area contributed by atoms with Gasteiger partial charge in [-0.25, -0.2) is 8.78 Å². The van der Waals surface area contributed by atoms with Gasteiger partial charge in [0.2, 0.25) is 12.3 Å². The number of carbonyl (C=O) groups excluding carboxylic acids is 3. The zero-order valence-electron chi connectivity index (χ0n) is 20.1. The third-order valence-electron chi connectivity index (χ3n) is 6.53. The number of likely N-dealkylation sites (tertiary alicyclic amines) is 1. The highest BCUT2D eigenvalue weighted by Crippen LogP contribution is 2.34. The number of rotatable bonds is 9. The second-order valence-electron chi connectivity index (χ2n) is 8.87. The summed E-state index contributed by atoms with van der Waals surface area (Å²) in [7, 11) is 1.56. The summed E-state index contributed by atoms with van der Waals surface area (Å²) >= 11 is 0. The minimum Gasteiger partial charge on any atom is -0.497 e. The number of anilines is 1. The molecule has 2 aliphatic heterocycles. The number of methoxy groups -OCH3 is 1. The molecule has 2 aromatic carbocycles. The van der Waals surface area contributed by atoms with Gasteiger partial charge in [0, 0.05) is 25.7 Å². The Balaban J connectivity index is 1.68. The van der Waals surface area contributed by atoms with Crippen LogP contribution in [0.15, 0.2) is 42.5 Å². The number of ether oxygens (including phenoxy) is 2. The van der Waals surface area contributed by atoms with Crippen LogP contribution in [0, 0.1) is 0 Å². The Bertz CT molecular complexity index is 1090. The molecular weight excluding hydrogens is 472 g/mol. The van der Waals surface area contributed by atoms with E-state index in [9.17, 15) is 23.2 Å². The molecule has 0 saturated carbocycles. The van der Waals surface area contributed by atoms with Crippen molar-refractivity contribution >= 4 is 23.9 Å². The molecule has 3 amide bonds. The van der Waals surface area contributed by atoms with Crippen LogP contribution >= 0.6 is 0 Å². The highest BCUT2D eigenvalue weighted by Gasteiger charge is 2.37. The molecule has 1 fully saturated rings. The van der Waals surface area contributed by atoms with Gasteiger partial charge in [0.05, 0.1) is 18.4 Å². The van der Waals surface area contributed by atoms with Crippen LogP contribution < -0.4 is 14.4 Å². The van der Waals surface area contributed by atoms with Crippen LogP contribution in [0.3, 0.4) is 0 Å². The first-order chi connectivity index (χ1) is 17.5. The van der Waals surface area contributed by atoms with Crippen LogP contribution in [0.2, 0.25) is 0 Å². The maximum Gasteiger partial charge on any atom is 0.256 e. The molecule has 10 heteroatoms. The molecule has 192 valence electrons. The van der Waals surface area contributed by atoms with E-state index >= 15 is 0 Å². The number of piperidine rings is 1. The normalized spacial score (nSPS) is 16.7. The van der Waals surface area contributed by atoms with Gasteiger partial charge in [-0.2, -0.15) is 0 Å². The van der Waals surface area contributed by atoms with E-state index in [1.807, 2.05) is 12.1 Å². The fourth-order valence-corrected chi connectivity index (χ4v) is 4.61. The summed E-state index contributed by atoms with van der Waals surface area (Å²) in [6.07, 6.45) is 0.663. The second kappa shape index (κ2) is 11.4. The number of hydrogen-bond donors (Lipinski definition) is 0. The van der Waals surface area contributed by atoms with E-state index in [-0.39, 0.29) is 42.3 Å². The fraction of sp³-hybridized carbons (Fsp3) is 0.423. The van der Waals surface area contributed by atoms with Gasteiger partial charge in [-0.15, -0.1) is 0 Å². The van der Waals surface area contributed by atoms with E-state index in [2.05, 4.69) is 0 Å². The molecule has 2 heterocycles. The lowest BCUT2D eigenvalue weighted by atomic mass is 10.0. The van der Waals surface area contributed by atoms with Crippen molar-refractivity contribution in [3.05, 3.63) is 53.6 Å². The lowest BCUT2D eigenvalue weighted by Gasteiger charge is -2.37. The quantitative estimate of drug-likeness (QED) is 0.494. The van der Waals surface area contributed by atoms with Crippen LogP contribution in [0.5, 0.6) is 11.5 Å². The van der Waals surface area contributed by atoms with Gasteiger partial charge in [-0.05, 0) is 48.7 Å². The molecule has 0 aliphatic carbocycles. The first-order valence-electron chi connectivity index (χ1n) is 11.8. The van der Waals surface area contributed by atoms with Gasteiger partial charge in [-0.3, -0.25) is 14.4 Å². The van der Waals surface area contributed by atoms with Crippen LogP contribution in [0.4, 0.5) is 14.5 Å². The molecule has 8 nitrogen and oxygen atoms in total. The van der Waals surface area contributed by atoms with E-state index < -0.39 is 19.5 Å². The minimum atomic E-state index is -1.27. The predicted octanol–water partition coefficient (Wildman–Crippen LogP) is 2.99. The van der Waals surface area contributed by atoms with Crippen molar-refractivity contribution in [2.45, 2.75) is 31.5 Å². The second-order valence-corrected chi connectivity index (χ2v) is 8.87. The van der Waals surface area contributed by atoms with Crippen molar-refractivity contribution in [2.24, 2.45) is 0 Å². The van der Waals surface area contributed by atoms with Crippen molar-refractivity contribution in [3.63, 3.8) is 0 Å². The van der Waals surface area contributed by atoms with E-state index in [0.29, 0.717) is 37.4 Å². The van der Waals surface area contributed by atoms with E-state index in [4.69, 9.17) is 9.47 Å². The number of nitrogens with zero attached hydrogens (tertiary/aromatic N) is 3. The summed E-state index contributed by atoms with van der Waals surface area (Å²) < 4.78 is 36.7. The van der Waals surface area contributed by atoms with Crippen molar-refractivity contribution < 1.29 is 32.6 Å². The highest BCUT2D eigenvalue weighted by molar-refractivity contribution is 6.10. The number of benzene rings is 2. The molecule has 1 saturated heterocycles. The number of amides is 3. The van der Waals surface area contributed by atoms with Gasteiger partial charge in [0.1, 0.15) is 31.4 Å². The molecule has 0 atom stereocenters. The monoisotopic (exact) mass is 501 g/mol. The fourth-order valence-electron chi connectivity index (χ4n) is 4.61. The Kier molecular flexibility index (Phi) is 8.02. The van der Waals surface area contributed by atoms with Crippen molar-refractivity contribution in [3.8, 4) is 11.5 Å². The molecule has 0 spiro atoms. The van der Waals surface area contributed by atoms with Crippen LogP contribution in [-0.4, -0.2) is 80.3 Å². The average molecular weight is 502 g/mol. The molecule has 2 aromatic rings. The number of hydrogen-bond acceptors (Lipinski definition) is 5. The lowest BCUT2D eigenvalue weighted by molar-refractivity contribution is -0.120. The Hall–Kier alpha value is -3.69. The largest absolute Gasteiger partial charge is 0.497 e. The number of fused-ring (bicyclic) bond motifs is 1. The van der Waals surface area contributed by atoms with Gasteiger partial charge in [0.15, 0.2) is 6.10 Å². The van der Waals surface area contributed by atoms with Gasteiger partial charge in [-0.1, -0.05) is 12.1 Å². The van der Waals surface area contributed by atoms with Gasteiger partial charge >= 0.3 is 0 Å². The maximum absolute atomic E-state index is 13.7. The lowest BCUT2D eigenvalue weighted by Crippen LogP contribution is -2.49. The third-order valence-corrected chi connectivity index (χ3v) is 6.53. The van der Waals surface area contributed by atoms with Gasteiger partial charge in [0.25, 0.3) is 5.91 Å². The van der Waals surface area contributed by atoms with E-state index in [1.54, 1.807) is 35.1 Å². The standard InChI is InChI=1S/C26H29F2N3O5/c1-35-20-4-2-18(3-5-20)15-30-16-25(33)31(19-8-10-29(17-32)11-9-19)24-7-6-21(12-23(24)26(30)34)36-22(13-27)14-28/h2-7,12,17,19,22H,8-11,13-16H2,1H3. The Morgan fingerprint density at radius 1 is 1.03 bits per heavy atom. The first kappa shape index (κ1) is 25.4. The molecule has 36 heavy (non-hydrogen) atoms. The molecule has 2 aliphatic rings.